The summed E-state index contributed by atoms with van der Waals surface area (Å²) >= 11 is 0. The fraction of sp³-hybridized carbons (Fsp3) is 0.750. The van der Waals surface area contributed by atoms with Crippen molar-refractivity contribution in [1.82, 2.24) is 21.3 Å². The Morgan fingerprint density at radius 2 is 0.857 bits per heavy atom. The van der Waals surface area contributed by atoms with Crippen LogP contribution in [0.3, 0.4) is 0 Å². The van der Waals surface area contributed by atoms with Crippen molar-refractivity contribution in [3.63, 3.8) is 0 Å². The van der Waals surface area contributed by atoms with Crippen molar-refractivity contribution in [2.75, 3.05) is 37.7 Å². The van der Waals surface area contributed by atoms with E-state index in [1.807, 2.05) is 0 Å². The van der Waals surface area contributed by atoms with Gasteiger partial charge in [0.25, 0.3) is 0 Å². The van der Waals surface area contributed by atoms with Crippen LogP contribution in [-0.4, -0.2) is 71.9 Å². The van der Waals surface area contributed by atoms with Crippen molar-refractivity contribution in [2.45, 2.75) is 38.5 Å². The average Bonchev–Trinajstić information content (AvgIpc) is 2.63. The highest BCUT2D eigenvalue weighted by Gasteiger charge is 2.05. The lowest BCUT2D eigenvalue weighted by Crippen LogP contribution is -2.27. The van der Waals surface area contributed by atoms with E-state index in [0.717, 1.165) is 38.5 Å². The molecule has 0 aromatic rings. The van der Waals surface area contributed by atoms with Gasteiger partial charge in [-0.25, -0.2) is 9.59 Å². The standard InChI is InChI=1S/C16H30N4O6S2/c21-13(17-7-3-1-5-9-19-15(23)24)11-27-28-12-14(22)18-8-4-2-6-10-20-16(25)26/h19-20H,1-12H2,(H,17,21)(H,18,22)(H,23,24)(H,25,26). The number of hydrogen-bond donors (Lipinski definition) is 6. The molecule has 6 N–H and O–H groups in total. The second-order valence-corrected chi connectivity index (χ2v) is 8.27. The van der Waals surface area contributed by atoms with Crippen molar-refractivity contribution in [3.05, 3.63) is 0 Å². The maximum Gasteiger partial charge on any atom is 0.404 e. The van der Waals surface area contributed by atoms with E-state index >= 15 is 0 Å². The smallest absolute Gasteiger partial charge is 0.404 e. The maximum absolute atomic E-state index is 11.6. The van der Waals surface area contributed by atoms with E-state index in [9.17, 15) is 19.2 Å². The zero-order chi connectivity index (χ0) is 21.0. The molecule has 0 rings (SSSR count). The van der Waals surface area contributed by atoms with E-state index in [-0.39, 0.29) is 23.3 Å². The summed E-state index contributed by atoms with van der Waals surface area (Å²) in [6.45, 7) is 1.94. The Morgan fingerprint density at radius 1 is 0.536 bits per heavy atom. The Kier molecular flexibility index (Phi) is 17.3. The Hall–Kier alpha value is -1.82. The van der Waals surface area contributed by atoms with Crippen molar-refractivity contribution in [3.8, 4) is 0 Å². The first-order chi connectivity index (χ1) is 13.4. The molecule has 0 aromatic carbocycles. The molecule has 0 fully saturated rings. The van der Waals surface area contributed by atoms with E-state index < -0.39 is 12.2 Å². The van der Waals surface area contributed by atoms with Crippen LogP contribution >= 0.6 is 21.6 Å². The van der Waals surface area contributed by atoms with Gasteiger partial charge in [0.15, 0.2) is 0 Å². The van der Waals surface area contributed by atoms with Crippen LogP contribution in [-0.2, 0) is 9.59 Å². The number of carbonyl (C=O) groups is 4. The monoisotopic (exact) mass is 438 g/mol. The molecule has 0 saturated carbocycles. The lowest BCUT2D eigenvalue weighted by atomic mass is 10.2. The largest absolute Gasteiger partial charge is 0.465 e. The number of carbonyl (C=O) groups excluding carboxylic acids is 2. The fourth-order valence-corrected chi connectivity index (χ4v) is 3.72. The highest BCUT2D eigenvalue weighted by molar-refractivity contribution is 8.77. The summed E-state index contributed by atoms with van der Waals surface area (Å²) in [5.74, 6) is 0.373. The lowest BCUT2D eigenvalue weighted by Gasteiger charge is -2.06. The number of carboxylic acid groups (broad SMARTS) is 2. The zero-order valence-electron chi connectivity index (χ0n) is 15.8. The van der Waals surface area contributed by atoms with Gasteiger partial charge in [-0.05, 0) is 38.5 Å². The quantitative estimate of drug-likeness (QED) is 0.147. The zero-order valence-corrected chi connectivity index (χ0v) is 17.5. The topological polar surface area (TPSA) is 157 Å². The minimum absolute atomic E-state index is 0.0865. The molecule has 0 aliphatic rings. The molecular weight excluding hydrogens is 408 g/mol. The fourth-order valence-electron chi connectivity index (χ4n) is 1.99. The van der Waals surface area contributed by atoms with Crippen LogP contribution in [0.25, 0.3) is 0 Å². The Labute approximate surface area is 172 Å². The van der Waals surface area contributed by atoms with Crippen molar-refractivity contribution < 1.29 is 29.4 Å². The Morgan fingerprint density at radius 3 is 1.18 bits per heavy atom. The molecule has 12 heteroatoms. The van der Waals surface area contributed by atoms with Crippen molar-refractivity contribution >= 4 is 45.6 Å². The van der Waals surface area contributed by atoms with Crippen LogP contribution in [0.2, 0.25) is 0 Å². The number of rotatable bonds is 17. The first kappa shape index (κ1) is 26.2. The molecule has 0 atom stereocenters. The van der Waals surface area contributed by atoms with Gasteiger partial charge in [-0.3, -0.25) is 9.59 Å². The maximum atomic E-state index is 11.6. The van der Waals surface area contributed by atoms with E-state index in [2.05, 4.69) is 21.3 Å². The molecule has 0 bridgehead atoms. The average molecular weight is 439 g/mol. The molecule has 0 saturated heterocycles. The van der Waals surface area contributed by atoms with Gasteiger partial charge in [-0.1, -0.05) is 21.6 Å². The molecule has 0 aliphatic carbocycles. The van der Waals surface area contributed by atoms with Gasteiger partial charge in [0.05, 0.1) is 11.5 Å². The number of amides is 4. The summed E-state index contributed by atoms with van der Waals surface area (Å²) in [5, 5.41) is 27.0. The normalized spacial score (nSPS) is 10.1. The molecular formula is C16H30N4O6S2. The summed E-state index contributed by atoms with van der Waals surface area (Å²) in [4.78, 5) is 43.8. The third-order valence-corrected chi connectivity index (χ3v) is 5.50. The molecule has 162 valence electrons. The van der Waals surface area contributed by atoms with Crippen molar-refractivity contribution in [1.29, 1.82) is 0 Å². The van der Waals surface area contributed by atoms with Crippen LogP contribution < -0.4 is 21.3 Å². The molecule has 28 heavy (non-hydrogen) atoms. The predicted octanol–water partition coefficient (Wildman–Crippen LogP) is 1.48. The molecule has 4 amide bonds. The third kappa shape index (κ3) is 20.5. The van der Waals surface area contributed by atoms with Gasteiger partial charge in [0.1, 0.15) is 0 Å². The van der Waals surface area contributed by atoms with E-state index in [1.165, 1.54) is 21.6 Å². The molecule has 0 spiro atoms. The second-order valence-electron chi connectivity index (χ2n) is 5.81. The molecule has 0 unspecified atom stereocenters. The molecule has 0 radical (unpaired) electrons. The number of nitrogens with one attached hydrogen (secondary N) is 4. The second kappa shape index (κ2) is 18.5. The molecule has 0 heterocycles. The van der Waals surface area contributed by atoms with Crippen LogP contribution in [0.1, 0.15) is 38.5 Å². The number of unbranched alkanes of at least 4 members (excludes halogenated alkanes) is 4. The van der Waals surface area contributed by atoms with Crippen LogP contribution in [0.4, 0.5) is 9.59 Å². The third-order valence-electron chi connectivity index (χ3n) is 3.37. The van der Waals surface area contributed by atoms with E-state index in [4.69, 9.17) is 10.2 Å². The minimum atomic E-state index is -1.03. The Balaban J connectivity index is 3.36. The first-order valence-electron chi connectivity index (χ1n) is 9.13. The van der Waals surface area contributed by atoms with Gasteiger partial charge in [0, 0.05) is 26.2 Å². The van der Waals surface area contributed by atoms with E-state index in [0.29, 0.717) is 26.2 Å². The molecule has 0 aliphatic heterocycles. The van der Waals surface area contributed by atoms with Crippen molar-refractivity contribution in [2.24, 2.45) is 0 Å². The summed E-state index contributed by atoms with van der Waals surface area (Å²) < 4.78 is 0. The highest BCUT2D eigenvalue weighted by Crippen LogP contribution is 2.20. The summed E-state index contributed by atoms with van der Waals surface area (Å²) in [6.07, 6.45) is 2.67. The Bertz CT molecular complexity index is 440. The first-order valence-corrected chi connectivity index (χ1v) is 11.6. The molecule has 10 nitrogen and oxygen atoms in total. The highest BCUT2D eigenvalue weighted by atomic mass is 33.1. The predicted molar refractivity (Wildman–Crippen MR) is 111 cm³/mol. The lowest BCUT2D eigenvalue weighted by molar-refractivity contribution is -0.119. The van der Waals surface area contributed by atoms with Gasteiger partial charge in [0.2, 0.25) is 11.8 Å². The molecule has 0 aromatic heterocycles. The van der Waals surface area contributed by atoms with Gasteiger partial charge in [-0.2, -0.15) is 0 Å². The van der Waals surface area contributed by atoms with Crippen LogP contribution in [0.15, 0.2) is 0 Å². The van der Waals surface area contributed by atoms with Gasteiger partial charge < -0.3 is 31.5 Å². The van der Waals surface area contributed by atoms with Gasteiger partial charge >= 0.3 is 12.2 Å². The van der Waals surface area contributed by atoms with Crippen LogP contribution in [0, 0.1) is 0 Å². The summed E-state index contributed by atoms with van der Waals surface area (Å²) in [7, 11) is 2.64. The summed E-state index contributed by atoms with van der Waals surface area (Å²) in [6, 6.07) is 0. The summed E-state index contributed by atoms with van der Waals surface area (Å²) in [5.41, 5.74) is 0. The number of hydrogen-bond acceptors (Lipinski definition) is 6. The SMILES string of the molecule is O=C(O)NCCCCCNC(=O)CSSCC(=O)NCCCCCNC(=O)O. The van der Waals surface area contributed by atoms with Gasteiger partial charge in [-0.15, -0.1) is 0 Å². The van der Waals surface area contributed by atoms with E-state index in [1.54, 1.807) is 0 Å². The minimum Gasteiger partial charge on any atom is -0.465 e. The van der Waals surface area contributed by atoms with Crippen LogP contribution in [0.5, 0.6) is 0 Å².